The van der Waals surface area contributed by atoms with Crippen LogP contribution >= 0.6 is 0 Å². The number of hydrogen-bond donors (Lipinski definition) is 1. The molecule has 118 valence electrons. The van der Waals surface area contributed by atoms with Crippen molar-refractivity contribution < 1.29 is 23.5 Å². The largest absolute Gasteiger partial charge is 0.463 e. The zero-order valence-corrected chi connectivity index (χ0v) is 12.5. The summed E-state index contributed by atoms with van der Waals surface area (Å²) in [6, 6.07) is 10.8. The van der Waals surface area contributed by atoms with E-state index in [-0.39, 0.29) is 24.8 Å². The van der Waals surface area contributed by atoms with Crippen LogP contribution in [-0.2, 0) is 27.3 Å². The Kier molecular flexibility index (Phi) is 4.14. The number of rotatable bonds is 5. The predicted molar refractivity (Wildman–Crippen MR) is 81.8 cm³/mol. The van der Waals surface area contributed by atoms with Crippen LogP contribution in [0.5, 0.6) is 0 Å². The second-order valence-corrected chi connectivity index (χ2v) is 4.95. The third-order valence-corrected chi connectivity index (χ3v) is 3.43. The van der Waals surface area contributed by atoms with Crippen molar-refractivity contribution in [2.75, 3.05) is 7.11 Å². The second kappa shape index (κ2) is 6.39. The summed E-state index contributed by atoms with van der Waals surface area (Å²) in [5.41, 5.74) is 1.85. The topological polar surface area (TPSA) is 81.5 Å². The number of hydrogen-bond acceptors (Lipinski definition) is 5. The highest BCUT2D eigenvalue weighted by atomic mass is 16.5. The number of ether oxygens (including phenoxy) is 2. The predicted octanol–water partition coefficient (Wildman–Crippen LogP) is 2.83. The molecular weight excluding hydrogens is 298 g/mol. The second-order valence-electron chi connectivity index (χ2n) is 4.95. The number of para-hydroxylation sites is 1. The van der Waals surface area contributed by atoms with Crippen molar-refractivity contribution >= 4 is 22.8 Å². The van der Waals surface area contributed by atoms with Crippen LogP contribution in [0.2, 0.25) is 0 Å². The monoisotopic (exact) mass is 313 g/mol. The van der Waals surface area contributed by atoms with E-state index in [9.17, 15) is 9.59 Å². The minimum absolute atomic E-state index is 0.0296. The Morgan fingerprint density at radius 3 is 2.83 bits per heavy atom. The third-order valence-electron chi connectivity index (χ3n) is 3.43. The minimum atomic E-state index is -0.568. The number of methoxy groups -OCH3 is 1. The van der Waals surface area contributed by atoms with Gasteiger partial charge in [-0.3, -0.25) is 4.79 Å². The summed E-state index contributed by atoms with van der Waals surface area (Å²) >= 11 is 0. The molecule has 0 amide bonds. The first-order valence-corrected chi connectivity index (χ1v) is 7.05. The Morgan fingerprint density at radius 2 is 2.00 bits per heavy atom. The lowest BCUT2D eigenvalue weighted by Gasteiger charge is -2.02. The SMILES string of the molecule is COC(=O)c1ccc(COC(=O)Cc2c[nH]c3ccccc23)o1. The van der Waals surface area contributed by atoms with Crippen LogP contribution in [0.25, 0.3) is 10.9 Å². The highest BCUT2D eigenvalue weighted by Crippen LogP contribution is 2.18. The lowest BCUT2D eigenvalue weighted by molar-refractivity contribution is -0.144. The molecule has 2 aromatic heterocycles. The standard InChI is InChI=1S/C17H15NO5/c1-21-17(20)15-7-6-12(23-15)10-22-16(19)8-11-9-18-14-5-3-2-4-13(11)14/h2-7,9,18H,8,10H2,1H3. The molecule has 0 saturated heterocycles. The van der Waals surface area contributed by atoms with E-state index in [1.165, 1.54) is 13.2 Å². The smallest absolute Gasteiger partial charge is 0.373 e. The Hall–Kier alpha value is -3.02. The fourth-order valence-corrected chi connectivity index (χ4v) is 2.30. The summed E-state index contributed by atoms with van der Waals surface area (Å²) < 4.78 is 15.0. The van der Waals surface area contributed by atoms with Crippen molar-refractivity contribution in [3.8, 4) is 0 Å². The molecule has 0 bridgehead atoms. The van der Waals surface area contributed by atoms with Gasteiger partial charge in [0.1, 0.15) is 12.4 Å². The van der Waals surface area contributed by atoms with Gasteiger partial charge in [0.25, 0.3) is 0 Å². The zero-order valence-electron chi connectivity index (χ0n) is 12.5. The van der Waals surface area contributed by atoms with E-state index in [0.29, 0.717) is 5.76 Å². The van der Waals surface area contributed by atoms with Gasteiger partial charge in [-0.25, -0.2) is 4.79 Å². The number of furan rings is 1. The molecular formula is C17H15NO5. The summed E-state index contributed by atoms with van der Waals surface area (Å²) in [6.07, 6.45) is 1.96. The molecule has 6 nitrogen and oxygen atoms in total. The first-order valence-electron chi connectivity index (χ1n) is 7.05. The van der Waals surface area contributed by atoms with Gasteiger partial charge in [0.05, 0.1) is 13.5 Å². The van der Waals surface area contributed by atoms with E-state index in [4.69, 9.17) is 9.15 Å². The highest BCUT2D eigenvalue weighted by Gasteiger charge is 2.13. The van der Waals surface area contributed by atoms with E-state index in [1.54, 1.807) is 12.3 Å². The summed E-state index contributed by atoms with van der Waals surface area (Å²) in [6.45, 7) is -0.0296. The molecule has 3 rings (SSSR count). The van der Waals surface area contributed by atoms with Gasteiger partial charge in [-0.2, -0.15) is 0 Å². The van der Waals surface area contributed by atoms with E-state index in [1.807, 2.05) is 24.3 Å². The van der Waals surface area contributed by atoms with Crippen molar-refractivity contribution in [2.45, 2.75) is 13.0 Å². The molecule has 23 heavy (non-hydrogen) atoms. The van der Waals surface area contributed by atoms with E-state index < -0.39 is 5.97 Å². The fraction of sp³-hybridized carbons (Fsp3) is 0.176. The molecule has 0 radical (unpaired) electrons. The molecule has 0 fully saturated rings. The normalized spacial score (nSPS) is 10.7. The van der Waals surface area contributed by atoms with Crippen LogP contribution in [0.3, 0.4) is 0 Å². The molecule has 0 unspecified atom stereocenters. The summed E-state index contributed by atoms with van der Waals surface area (Å²) in [4.78, 5) is 26.3. The number of fused-ring (bicyclic) bond motifs is 1. The van der Waals surface area contributed by atoms with Gasteiger partial charge < -0.3 is 18.9 Å². The average molecular weight is 313 g/mol. The van der Waals surface area contributed by atoms with E-state index in [0.717, 1.165) is 16.5 Å². The summed E-state index contributed by atoms with van der Waals surface area (Å²) in [7, 11) is 1.27. The molecule has 0 aliphatic carbocycles. The van der Waals surface area contributed by atoms with E-state index in [2.05, 4.69) is 9.72 Å². The van der Waals surface area contributed by atoms with Gasteiger partial charge in [0, 0.05) is 17.1 Å². The number of benzene rings is 1. The van der Waals surface area contributed by atoms with Crippen molar-refractivity contribution in [3.63, 3.8) is 0 Å². The highest BCUT2D eigenvalue weighted by molar-refractivity contribution is 5.87. The molecule has 0 saturated carbocycles. The van der Waals surface area contributed by atoms with Gasteiger partial charge in [-0.15, -0.1) is 0 Å². The van der Waals surface area contributed by atoms with Gasteiger partial charge in [0.2, 0.25) is 5.76 Å². The maximum Gasteiger partial charge on any atom is 0.373 e. The number of H-pyrrole nitrogens is 1. The molecule has 1 N–H and O–H groups in total. The van der Waals surface area contributed by atoms with Crippen LogP contribution in [-0.4, -0.2) is 24.0 Å². The summed E-state index contributed by atoms with van der Waals surface area (Å²) in [5.74, 6) is -0.472. The summed E-state index contributed by atoms with van der Waals surface area (Å²) in [5, 5.41) is 0.996. The van der Waals surface area contributed by atoms with Gasteiger partial charge in [-0.05, 0) is 23.8 Å². The third kappa shape index (κ3) is 3.26. The number of nitrogens with one attached hydrogen (secondary N) is 1. The molecule has 3 aromatic rings. The van der Waals surface area contributed by atoms with Crippen LogP contribution in [0.4, 0.5) is 0 Å². The maximum absolute atomic E-state index is 12.0. The number of carbonyl (C=O) groups excluding carboxylic acids is 2. The number of carbonyl (C=O) groups is 2. The van der Waals surface area contributed by atoms with Crippen molar-refractivity contribution in [1.29, 1.82) is 0 Å². The molecule has 0 aliphatic heterocycles. The number of esters is 2. The molecule has 0 aliphatic rings. The van der Waals surface area contributed by atoms with Crippen molar-refractivity contribution in [1.82, 2.24) is 4.98 Å². The zero-order chi connectivity index (χ0) is 16.2. The number of aromatic amines is 1. The Balaban J connectivity index is 1.59. The first-order chi connectivity index (χ1) is 11.2. The van der Waals surface area contributed by atoms with Crippen LogP contribution in [0.15, 0.2) is 47.0 Å². The number of aromatic nitrogens is 1. The first kappa shape index (κ1) is 14.9. The van der Waals surface area contributed by atoms with E-state index >= 15 is 0 Å². The van der Waals surface area contributed by atoms with Gasteiger partial charge in [0.15, 0.2) is 0 Å². The maximum atomic E-state index is 12.0. The van der Waals surface area contributed by atoms with Crippen LogP contribution in [0, 0.1) is 0 Å². The molecule has 0 spiro atoms. The lowest BCUT2D eigenvalue weighted by Crippen LogP contribution is -2.07. The van der Waals surface area contributed by atoms with Gasteiger partial charge >= 0.3 is 11.9 Å². The molecule has 2 heterocycles. The Bertz CT molecular complexity index is 845. The van der Waals surface area contributed by atoms with Gasteiger partial charge in [-0.1, -0.05) is 18.2 Å². The molecule has 0 atom stereocenters. The average Bonchev–Trinajstić information content (AvgIpc) is 3.20. The molecule has 1 aromatic carbocycles. The fourth-order valence-electron chi connectivity index (χ4n) is 2.30. The van der Waals surface area contributed by atoms with Crippen molar-refractivity contribution in [2.24, 2.45) is 0 Å². The lowest BCUT2D eigenvalue weighted by atomic mass is 10.1. The van der Waals surface area contributed by atoms with Crippen LogP contribution < -0.4 is 0 Å². The molecule has 6 heteroatoms. The Labute approximate surface area is 132 Å². The minimum Gasteiger partial charge on any atom is -0.463 e. The van der Waals surface area contributed by atoms with Crippen molar-refractivity contribution in [3.05, 3.63) is 59.7 Å². The Morgan fingerprint density at radius 1 is 1.17 bits per heavy atom. The quantitative estimate of drug-likeness (QED) is 0.732. The van der Waals surface area contributed by atoms with Crippen LogP contribution in [0.1, 0.15) is 21.9 Å².